The lowest BCUT2D eigenvalue weighted by molar-refractivity contribution is -0.117. The number of benzene rings is 1. The van der Waals surface area contributed by atoms with Crippen molar-refractivity contribution in [1.82, 2.24) is 0 Å². The lowest BCUT2D eigenvalue weighted by Crippen LogP contribution is -2.07. The van der Waals surface area contributed by atoms with Crippen LogP contribution >= 0.6 is 0 Å². The van der Waals surface area contributed by atoms with Crippen LogP contribution in [0.15, 0.2) is 24.3 Å². The van der Waals surface area contributed by atoms with Crippen LogP contribution in [0, 0.1) is 0 Å². The maximum Gasteiger partial charge on any atom is 0.335 e. The molecule has 0 saturated heterocycles. The quantitative estimate of drug-likeness (QED) is 0.654. The summed E-state index contributed by atoms with van der Waals surface area (Å²) in [5, 5.41) is 8.79. The zero-order valence-corrected chi connectivity index (χ0v) is 8.51. The van der Waals surface area contributed by atoms with E-state index in [-0.39, 0.29) is 12.0 Å². The Morgan fingerprint density at radius 2 is 2.00 bits per heavy atom. The average molecular weight is 220 g/mol. The lowest BCUT2D eigenvalue weighted by Gasteiger charge is -2.00. The number of hydrogen-bond donors (Lipinski definition) is 3. The summed E-state index contributed by atoms with van der Waals surface area (Å²) >= 11 is 0. The van der Waals surface area contributed by atoms with Gasteiger partial charge in [-0.15, -0.1) is 0 Å². The molecule has 5 nitrogen and oxygen atoms in total. The number of carboxylic acids is 1. The van der Waals surface area contributed by atoms with Crippen molar-refractivity contribution in [3.63, 3.8) is 0 Å². The van der Waals surface area contributed by atoms with E-state index < -0.39 is 11.9 Å². The molecule has 0 aliphatic heterocycles. The van der Waals surface area contributed by atoms with E-state index in [2.05, 4.69) is 0 Å². The van der Waals surface area contributed by atoms with Crippen LogP contribution in [0.4, 0.5) is 5.69 Å². The summed E-state index contributed by atoms with van der Waals surface area (Å²) < 4.78 is 0. The Hall–Kier alpha value is -2.30. The molecule has 1 aromatic rings. The number of primary amides is 1. The fourth-order valence-electron chi connectivity index (χ4n) is 1.21. The van der Waals surface area contributed by atoms with E-state index >= 15 is 0 Å². The minimum atomic E-state index is -1.04. The Morgan fingerprint density at radius 1 is 1.31 bits per heavy atom. The van der Waals surface area contributed by atoms with E-state index in [1.165, 1.54) is 12.1 Å². The second-order valence-corrected chi connectivity index (χ2v) is 3.27. The summed E-state index contributed by atoms with van der Waals surface area (Å²) in [7, 11) is 0. The second-order valence-electron chi connectivity index (χ2n) is 3.27. The minimum absolute atomic E-state index is 0.108. The minimum Gasteiger partial charge on any atom is -0.478 e. The molecule has 1 rings (SSSR count). The van der Waals surface area contributed by atoms with Crippen molar-refractivity contribution in [1.29, 1.82) is 0 Å². The first-order chi connectivity index (χ1) is 7.49. The highest BCUT2D eigenvalue weighted by atomic mass is 16.4. The molecule has 0 spiro atoms. The molecule has 0 saturated carbocycles. The Balaban J connectivity index is 2.92. The van der Waals surface area contributed by atoms with Crippen LogP contribution < -0.4 is 11.5 Å². The summed E-state index contributed by atoms with van der Waals surface area (Å²) in [4.78, 5) is 21.2. The van der Waals surface area contributed by atoms with E-state index in [4.69, 9.17) is 16.6 Å². The normalized spacial score (nSPS) is 10.5. The van der Waals surface area contributed by atoms with Crippen LogP contribution in [-0.2, 0) is 4.79 Å². The van der Waals surface area contributed by atoms with Crippen LogP contribution in [0.1, 0.15) is 22.3 Å². The van der Waals surface area contributed by atoms with E-state index in [9.17, 15) is 9.59 Å². The summed E-state index contributed by atoms with van der Waals surface area (Å²) in [6.45, 7) is 0. The average Bonchev–Trinajstić information content (AvgIpc) is 2.16. The van der Waals surface area contributed by atoms with Gasteiger partial charge < -0.3 is 16.6 Å². The van der Waals surface area contributed by atoms with Gasteiger partial charge in [0.2, 0.25) is 5.91 Å². The van der Waals surface area contributed by atoms with Gasteiger partial charge in [-0.05, 0) is 23.8 Å². The van der Waals surface area contributed by atoms with Gasteiger partial charge >= 0.3 is 5.97 Å². The summed E-state index contributed by atoms with van der Waals surface area (Å²) in [5.74, 6) is -1.49. The zero-order valence-electron chi connectivity index (χ0n) is 8.51. The van der Waals surface area contributed by atoms with Gasteiger partial charge in [-0.3, -0.25) is 4.79 Å². The molecule has 0 fully saturated rings. The van der Waals surface area contributed by atoms with Crippen LogP contribution in [0.5, 0.6) is 0 Å². The zero-order chi connectivity index (χ0) is 12.1. The molecular weight excluding hydrogens is 208 g/mol. The van der Waals surface area contributed by atoms with E-state index in [1.807, 2.05) is 0 Å². The predicted octanol–water partition coefficient (Wildman–Crippen LogP) is 0.856. The third-order valence-corrected chi connectivity index (χ3v) is 1.85. The first-order valence-corrected chi connectivity index (χ1v) is 4.58. The van der Waals surface area contributed by atoms with Crippen LogP contribution in [0.3, 0.4) is 0 Å². The van der Waals surface area contributed by atoms with Gasteiger partial charge in [0.05, 0.1) is 5.56 Å². The Kier molecular flexibility index (Phi) is 3.66. The first kappa shape index (κ1) is 11.8. The molecule has 0 aliphatic rings. The van der Waals surface area contributed by atoms with E-state index in [0.29, 0.717) is 11.3 Å². The summed E-state index contributed by atoms with van der Waals surface area (Å²) in [6.07, 6.45) is 3.27. The van der Waals surface area contributed by atoms with E-state index in [0.717, 1.165) is 0 Å². The Morgan fingerprint density at radius 3 is 2.56 bits per heavy atom. The van der Waals surface area contributed by atoms with Gasteiger partial charge in [-0.1, -0.05) is 12.2 Å². The molecule has 0 aliphatic carbocycles. The SMILES string of the molecule is NC(=O)CC=Cc1cc(N)cc(C(=O)O)c1. The Bertz CT molecular complexity index is 453. The number of anilines is 1. The van der Waals surface area contributed by atoms with Gasteiger partial charge in [0.1, 0.15) is 0 Å². The monoisotopic (exact) mass is 220 g/mol. The van der Waals surface area contributed by atoms with Crippen molar-refractivity contribution in [2.24, 2.45) is 5.73 Å². The fourth-order valence-corrected chi connectivity index (χ4v) is 1.21. The van der Waals surface area contributed by atoms with Crippen molar-refractivity contribution in [2.75, 3.05) is 5.73 Å². The topological polar surface area (TPSA) is 106 Å². The summed E-state index contributed by atoms with van der Waals surface area (Å²) in [5.41, 5.74) is 11.6. The standard InChI is InChI=1S/C11H12N2O3/c12-9-5-7(2-1-3-10(13)14)4-8(6-9)11(15)16/h1-2,4-6H,3,12H2,(H2,13,14)(H,15,16). The molecule has 0 heterocycles. The van der Waals surface area contributed by atoms with E-state index in [1.54, 1.807) is 18.2 Å². The van der Waals surface area contributed by atoms with Gasteiger partial charge in [0, 0.05) is 12.1 Å². The highest BCUT2D eigenvalue weighted by Crippen LogP contribution is 2.13. The number of carbonyl (C=O) groups is 2. The molecule has 0 bridgehead atoms. The highest BCUT2D eigenvalue weighted by molar-refractivity contribution is 5.89. The van der Waals surface area contributed by atoms with Gasteiger partial charge in [-0.25, -0.2) is 4.79 Å². The highest BCUT2D eigenvalue weighted by Gasteiger charge is 2.04. The van der Waals surface area contributed by atoms with Crippen molar-refractivity contribution < 1.29 is 14.7 Å². The predicted molar refractivity (Wildman–Crippen MR) is 60.7 cm³/mol. The van der Waals surface area contributed by atoms with Crippen molar-refractivity contribution in [2.45, 2.75) is 6.42 Å². The molecule has 16 heavy (non-hydrogen) atoms. The van der Waals surface area contributed by atoms with Gasteiger partial charge in [0.15, 0.2) is 0 Å². The number of nitrogens with two attached hydrogens (primary N) is 2. The second kappa shape index (κ2) is 4.97. The van der Waals surface area contributed by atoms with Crippen molar-refractivity contribution >= 4 is 23.6 Å². The number of hydrogen-bond acceptors (Lipinski definition) is 3. The van der Waals surface area contributed by atoms with Crippen LogP contribution in [0.25, 0.3) is 6.08 Å². The number of carbonyl (C=O) groups excluding carboxylic acids is 1. The maximum absolute atomic E-state index is 10.7. The number of nitrogen functional groups attached to an aromatic ring is 1. The van der Waals surface area contributed by atoms with Gasteiger partial charge in [0.25, 0.3) is 0 Å². The molecule has 5 heteroatoms. The molecule has 84 valence electrons. The fraction of sp³-hybridized carbons (Fsp3) is 0.0909. The molecule has 1 amide bonds. The molecule has 1 aromatic carbocycles. The third kappa shape index (κ3) is 3.45. The molecule has 0 atom stereocenters. The first-order valence-electron chi connectivity index (χ1n) is 4.58. The lowest BCUT2D eigenvalue weighted by atomic mass is 10.1. The van der Waals surface area contributed by atoms with Crippen LogP contribution in [-0.4, -0.2) is 17.0 Å². The van der Waals surface area contributed by atoms with Crippen molar-refractivity contribution in [3.8, 4) is 0 Å². The summed E-state index contributed by atoms with van der Waals surface area (Å²) in [6, 6.07) is 4.45. The smallest absolute Gasteiger partial charge is 0.335 e. The molecular formula is C11H12N2O3. The largest absolute Gasteiger partial charge is 0.478 e. The molecule has 5 N–H and O–H groups in total. The molecule has 0 aromatic heterocycles. The number of amides is 1. The van der Waals surface area contributed by atoms with Crippen molar-refractivity contribution in [3.05, 3.63) is 35.4 Å². The Labute approximate surface area is 92.4 Å². The number of carboxylic acid groups (broad SMARTS) is 1. The van der Waals surface area contributed by atoms with Gasteiger partial charge in [-0.2, -0.15) is 0 Å². The number of aromatic carboxylic acids is 1. The maximum atomic E-state index is 10.7. The number of rotatable bonds is 4. The molecule has 0 unspecified atom stereocenters. The third-order valence-electron chi connectivity index (χ3n) is 1.85. The van der Waals surface area contributed by atoms with Crippen LogP contribution in [0.2, 0.25) is 0 Å². The molecule has 0 radical (unpaired) electrons.